The van der Waals surface area contributed by atoms with Crippen LogP contribution in [0, 0.1) is 0 Å². The van der Waals surface area contributed by atoms with Gasteiger partial charge < -0.3 is 63.4 Å². The Morgan fingerprint density at radius 1 is 0.684 bits per heavy atom. The van der Waals surface area contributed by atoms with Gasteiger partial charge in [0.1, 0.15) is 37.1 Å². The number of carbonyl (C=O) groups is 4. The summed E-state index contributed by atoms with van der Waals surface area (Å²) in [5.74, 6) is -5.08. The van der Waals surface area contributed by atoms with Gasteiger partial charge in [0.2, 0.25) is 0 Å². The topological polar surface area (TPSA) is 243 Å². The van der Waals surface area contributed by atoms with E-state index < -0.39 is 98.1 Å². The van der Waals surface area contributed by atoms with Crippen LogP contribution < -0.4 is 0 Å². The van der Waals surface area contributed by atoms with Crippen LogP contribution in [-0.4, -0.2) is 145 Å². The fourth-order valence-corrected chi connectivity index (χ4v) is 3.80. The van der Waals surface area contributed by atoms with E-state index in [1.54, 1.807) is 0 Å². The summed E-state index contributed by atoms with van der Waals surface area (Å²) in [5.41, 5.74) is 0. The van der Waals surface area contributed by atoms with Crippen molar-refractivity contribution >= 4 is 23.9 Å². The van der Waals surface area contributed by atoms with E-state index in [9.17, 15) is 44.7 Å². The summed E-state index contributed by atoms with van der Waals surface area (Å²) < 4.78 is 40.4. The third-order valence-corrected chi connectivity index (χ3v) is 5.70. The maximum Gasteiger partial charge on any atom is 0.335 e. The lowest BCUT2D eigenvalue weighted by atomic mass is 9.96. The van der Waals surface area contributed by atoms with Gasteiger partial charge in [-0.15, -0.1) is 0 Å². The zero-order chi connectivity index (χ0) is 28.6. The summed E-state index contributed by atoms with van der Waals surface area (Å²) in [4.78, 5) is 47.8. The number of carboxylic acid groups (broad SMARTS) is 2. The molecule has 2 aliphatic heterocycles. The lowest BCUT2D eigenvalue weighted by molar-refractivity contribution is -0.350. The number of rotatable bonds is 13. The normalized spacial score (nSPS) is 35.3. The molecule has 10 atom stereocenters. The molecule has 2 rings (SSSR count). The van der Waals surface area contributed by atoms with Crippen molar-refractivity contribution in [3.05, 3.63) is 0 Å². The van der Waals surface area contributed by atoms with Crippen molar-refractivity contribution in [2.24, 2.45) is 0 Å². The average Bonchev–Trinajstić information content (AvgIpc) is 2.87. The van der Waals surface area contributed by atoms with Gasteiger partial charge in [0.15, 0.2) is 30.9 Å². The molecule has 5 N–H and O–H groups in total. The quantitative estimate of drug-likeness (QED) is 0.110. The first kappa shape index (κ1) is 31.7. The van der Waals surface area contributed by atoms with Crippen LogP contribution in [0.3, 0.4) is 0 Å². The molecular formula is C21H32O17. The molecule has 0 radical (unpaired) electrons. The summed E-state index contributed by atoms with van der Waals surface area (Å²) in [6.45, 7) is 0.0850. The number of esters is 2. The first-order valence-electron chi connectivity index (χ1n) is 11.3. The van der Waals surface area contributed by atoms with Crippen molar-refractivity contribution in [3.8, 4) is 0 Å². The smallest absolute Gasteiger partial charge is 0.335 e. The molecule has 0 aromatic rings. The molecule has 218 valence electrons. The summed E-state index contributed by atoms with van der Waals surface area (Å²) in [7, 11) is 3.55. The second-order valence-corrected chi connectivity index (χ2v) is 8.20. The molecule has 0 aliphatic carbocycles. The number of aliphatic hydroxyl groups excluding tert-OH is 3. The average molecular weight is 556 g/mol. The number of carboxylic acids is 2. The van der Waals surface area contributed by atoms with Gasteiger partial charge in [0, 0.05) is 21.3 Å². The number of methoxy groups -OCH3 is 3. The zero-order valence-corrected chi connectivity index (χ0v) is 20.7. The highest BCUT2D eigenvalue weighted by molar-refractivity contribution is 5.78. The first-order chi connectivity index (χ1) is 18.0. The van der Waals surface area contributed by atoms with Crippen molar-refractivity contribution in [2.45, 2.75) is 74.3 Å². The van der Waals surface area contributed by atoms with Crippen LogP contribution in [0.15, 0.2) is 0 Å². The second-order valence-electron chi connectivity index (χ2n) is 8.20. The molecule has 2 saturated heterocycles. The van der Waals surface area contributed by atoms with Gasteiger partial charge in [-0.25, -0.2) is 9.59 Å². The summed E-state index contributed by atoms with van der Waals surface area (Å²) >= 11 is 0. The highest BCUT2D eigenvalue weighted by Crippen LogP contribution is 2.32. The zero-order valence-electron chi connectivity index (χ0n) is 20.7. The molecule has 0 saturated carbocycles. The minimum absolute atomic E-state index is 0.0500. The van der Waals surface area contributed by atoms with Gasteiger partial charge in [0.05, 0.1) is 19.4 Å². The van der Waals surface area contributed by atoms with E-state index in [0.717, 1.165) is 14.2 Å². The van der Waals surface area contributed by atoms with E-state index in [0.29, 0.717) is 0 Å². The van der Waals surface area contributed by atoms with Crippen molar-refractivity contribution in [1.29, 1.82) is 0 Å². The number of hydrogen-bond acceptors (Lipinski definition) is 15. The Labute approximate surface area is 216 Å². The van der Waals surface area contributed by atoms with Gasteiger partial charge in [-0.1, -0.05) is 0 Å². The van der Waals surface area contributed by atoms with Gasteiger partial charge in [-0.2, -0.15) is 0 Å². The molecule has 0 amide bonds. The number of hydrogen-bond donors (Lipinski definition) is 5. The molecule has 17 heteroatoms. The summed E-state index contributed by atoms with van der Waals surface area (Å²) in [5, 5.41) is 50.5. The van der Waals surface area contributed by atoms with Gasteiger partial charge in [-0.05, 0) is 0 Å². The highest BCUT2D eigenvalue weighted by Gasteiger charge is 2.55. The van der Waals surface area contributed by atoms with E-state index in [1.807, 2.05) is 0 Å². The van der Waals surface area contributed by atoms with Crippen molar-refractivity contribution in [3.63, 3.8) is 0 Å². The first-order valence-corrected chi connectivity index (χ1v) is 11.3. The third-order valence-electron chi connectivity index (χ3n) is 5.70. The predicted octanol–water partition coefficient (Wildman–Crippen LogP) is -3.38. The van der Waals surface area contributed by atoms with Gasteiger partial charge in [-0.3, -0.25) is 9.59 Å². The van der Waals surface area contributed by atoms with Crippen molar-refractivity contribution in [1.82, 2.24) is 0 Å². The molecule has 17 nitrogen and oxygen atoms in total. The molecule has 2 heterocycles. The monoisotopic (exact) mass is 556 g/mol. The largest absolute Gasteiger partial charge is 0.479 e. The number of aliphatic hydroxyl groups is 3. The third kappa shape index (κ3) is 7.78. The van der Waals surface area contributed by atoms with Crippen LogP contribution in [0.1, 0.15) is 12.8 Å². The lowest BCUT2D eigenvalue weighted by Gasteiger charge is -2.45. The Morgan fingerprint density at radius 3 is 1.82 bits per heavy atom. The van der Waals surface area contributed by atoms with Crippen molar-refractivity contribution in [2.75, 3.05) is 34.5 Å². The molecule has 2 fully saturated rings. The van der Waals surface area contributed by atoms with E-state index in [-0.39, 0.29) is 13.2 Å². The molecule has 0 aromatic heterocycles. The number of aliphatic carboxylic acids is 2. The Bertz CT molecular complexity index is 820. The maximum atomic E-state index is 12.5. The standard InChI is InChI=1S/C21H32O17/c1-31-6-7-34-8(22)4-5-9(23)35-14-12(26)20(33-3)37-17(19(29)30)15(14)36-21-11(25)10(24)13(32-2)16(38-21)18(27)28/h10-17,20-21,24-26H,4-7H2,1-3H3,(H,27,28)(H,29,30)/t10-,11?,12?,13+,14-,15+,16?,17?,20-,21-/m1/s1. The SMILES string of the molecule is COCCOC(=O)CCC(=O)O[C@@H]1C(O)[C@H](OC)OC(C(=O)O)[C@H]1O[C@@H]1OC(C(=O)O)[C@@H](OC)[C@H](O)C1O. The lowest BCUT2D eigenvalue weighted by Crippen LogP contribution is -2.66. The minimum atomic E-state index is -1.99. The Morgan fingerprint density at radius 2 is 1.26 bits per heavy atom. The summed E-state index contributed by atoms with van der Waals surface area (Å²) in [6, 6.07) is 0. The Hall–Kier alpha value is -2.48. The van der Waals surface area contributed by atoms with E-state index in [1.165, 1.54) is 7.11 Å². The van der Waals surface area contributed by atoms with Crippen LogP contribution in [0.4, 0.5) is 0 Å². The van der Waals surface area contributed by atoms with Crippen LogP contribution >= 0.6 is 0 Å². The molecule has 2 aliphatic rings. The molecule has 0 aromatic carbocycles. The van der Waals surface area contributed by atoms with Crippen LogP contribution in [0.2, 0.25) is 0 Å². The fraction of sp³-hybridized carbons (Fsp3) is 0.810. The molecule has 0 spiro atoms. The second kappa shape index (κ2) is 14.6. The maximum absolute atomic E-state index is 12.5. The minimum Gasteiger partial charge on any atom is -0.479 e. The Balaban J connectivity index is 2.24. The van der Waals surface area contributed by atoms with E-state index in [4.69, 9.17) is 37.9 Å². The highest BCUT2D eigenvalue weighted by atomic mass is 16.8. The summed E-state index contributed by atoms with van der Waals surface area (Å²) in [6.07, 6.45) is -19.3. The van der Waals surface area contributed by atoms with Crippen LogP contribution in [-0.2, 0) is 57.1 Å². The van der Waals surface area contributed by atoms with E-state index in [2.05, 4.69) is 0 Å². The Kier molecular flexibility index (Phi) is 12.2. The van der Waals surface area contributed by atoms with Gasteiger partial charge >= 0.3 is 23.9 Å². The molecular weight excluding hydrogens is 524 g/mol. The fourth-order valence-electron chi connectivity index (χ4n) is 3.80. The van der Waals surface area contributed by atoms with Crippen molar-refractivity contribution < 1.29 is 82.6 Å². The van der Waals surface area contributed by atoms with Crippen LogP contribution in [0.25, 0.3) is 0 Å². The number of carbonyl (C=O) groups excluding carboxylic acids is 2. The molecule has 4 unspecified atom stereocenters. The van der Waals surface area contributed by atoms with Crippen LogP contribution in [0.5, 0.6) is 0 Å². The molecule has 38 heavy (non-hydrogen) atoms. The number of ether oxygens (including phenoxy) is 8. The molecule has 0 bridgehead atoms. The van der Waals surface area contributed by atoms with E-state index >= 15 is 0 Å². The predicted molar refractivity (Wildman–Crippen MR) is 115 cm³/mol. The van der Waals surface area contributed by atoms with Gasteiger partial charge in [0.25, 0.3) is 0 Å².